The van der Waals surface area contributed by atoms with Crippen molar-refractivity contribution >= 4 is 5.69 Å². The van der Waals surface area contributed by atoms with E-state index in [4.69, 9.17) is 5.84 Å². The molecule has 0 atom stereocenters. The van der Waals surface area contributed by atoms with Gasteiger partial charge in [-0.2, -0.15) is 5.53 Å². The van der Waals surface area contributed by atoms with E-state index in [0.717, 1.165) is 5.69 Å². The van der Waals surface area contributed by atoms with Crippen LogP contribution >= 0.6 is 0 Å². The number of hydrogen-bond donors (Lipinski definition) is 2. The molecule has 6 nitrogen and oxygen atoms in total. The zero-order valence-electron chi connectivity index (χ0n) is 6.25. The Labute approximate surface area is 69.1 Å². The molecule has 0 amide bonds. The number of benzene rings is 1. The average molecular weight is 164 g/mol. The van der Waals surface area contributed by atoms with E-state index in [-0.39, 0.29) is 0 Å². The van der Waals surface area contributed by atoms with Gasteiger partial charge < -0.3 is 5.84 Å². The Bertz CT molecular complexity index is 267. The van der Waals surface area contributed by atoms with Gasteiger partial charge in [0.05, 0.1) is 5.69 Å². The summed E-state index contributed by atoms with van der Waals surface area (Å²) in [5.74, 6) is 4.70. The zero-order chi connectivity index (χ0) is 8.65. The predicted molar refractivity (Wildman–Crippen MR) is 43.1 cm³/mol. The van der Waals surface area contributed by atoms with Gasteiger partial charge in [-0.15, -0.1) is 5.11 Å². The number of nitrogens with two attached hydrogens (primary N) is 1. The van der Waals surface area contributed by atoms with E-state index in [1.807, 2.05) is 30.3 Å². The van der Waals surface area contributed by atoms with Crippen LogP contribution in [-0.4, -0.2) is 0 Å². The summed E-state index contributed by atoms with van der Waals surface area (Å²) in [4.78, 5) is 0. The smallest absolute Gasteiger partial charge is 0.0874 e. The molecule has 6 heteroatoms. The van der Waals surface area contributed by atoms with Crippen molar-refractivity contribution in [3.05, 3.63) is 30.3 Å². The molecule has 0 radical (unpaired) electrons. The van der Waals surface area contributed by atoms with E-state index in [9.17, 15) is 0 Å². The highest BCUT2D eigenvalue weighted by Crippen LogP contribution is 2.08. The molecule has 1 rings (SSSR count). The lowest BCUT2D eigenvalue weighted by molar-refractivity contribution is 0.682. The van der Waals surface area contributed by atoms with Gasteiger partial charge in [-0.1, -0.05) is 28.6 Å². The fourth-order valence-corrected chi connectivity index (χ4v) is 0.621. The molecule has 3 N–H and O–H groups in total. The standard InChI is InChI=1S/C6H8N6/c7-9-11-12-10-8-6-4-2-1-3-5-6/h1-5H,(H2,7,10,11)(H,8,9,12). The summed E-state index contributed by atoms with van der Waals surface area (Å²) in [6, 6.07) is 9.24. The second-order valence-corrected chi connectivity index (χ2v) is 1.85. The van der Waals surface area contributed by atoms with Gasteiger partial charge in [0.1, 0.15) is 0 Å². The van der Waals surface area contributed by atoms with Gasteiger partial charge in [-0.25, -0.2) is 0 Å². The van der Waals surface area contributed by atoms with E-state index in [0.29, 0.717) is 0 Å². The number of nitrogens with one attached hydrogen (secondary N) is 1. The second-order valence-electron chi connectivity index (χ2n) is 1.85. The van der Waals surface area contributed by atoms with Crippen LogP contribution < -0.4 is 11.4 Å². The summed E-state index contributed by atoms with van der Waals surface area (Å²) in [6.07, 6.45) is 0. The molecule has 0 aliphatic carbocycles. The summed E-state index contributed by atoms with van der Waals surface area (Å²) in [7, 11) is 0. The zero-order valence-corrected chi connectivity index (χ0v) is 6.25. The first-order valence-corrected chi connectivity index (χ1v) is 3.24. The Morgan fingerprint density at radius 3 is 2.50 bits per heavy atom. The molecule has 12 heavy (non-hydrogen) atoms. The molecule has 0 saturated heterocycles. The van der Waals surface area contributed by atoms with Crippen LogP contribution in [0.1, 0.15) is 0 Å². The van der Waals surface area contributed by atoms with Crippen LogP contribution in [-0.2, 0) is 0 Å². The summed E-state index contributed by atoms with van der Waals surface area (Å²) >= 11 is 0. The molecule has 0 bridgehead atoms. The van der Waals surface area contributed by atoms with Crippen molar-refractivity contribution in [3.63, 3.8) is 0 Å². The Kier molecular flexibility index (Phi) is 3.23. The Morgan fingerprint density at radius 1 is 1.08 bits per heavy atom. The van der Waals surface area contributed by atoms with Crippen LogP contribution in [0.4, 0.5) is 5.69 Å². The van der Waals surface area contributed by atoms with Crippen molar-refractivity contribution in [2.45, 2.75) is 0 Å². The van der Waals surface area contributed by atoms with Gasteiger partial charge in [0.2, 0.25) is 0 Å². The third-order valence-corrected chi connectivity index (χ3v) is 1.07. The molecule has 0 unspecified atom stereocenters. The maximum Gasteiger partial charge on any atom is 0.0874 e. The van der Waals surface area contributed by atoms with Gasteiger partial charge in [0.25, 0.3) is 0 Å². The molecule has 0 heterocycles. The number of rotatable bonds is 3. The molecular formula is C6H8N6. The van der Waals surface area contributed by atoms with E-state index in [1.165, 1.54) is 0 Å². The quantitative estimate of drug-likeness (QED) is 0.403. The maximum absolute atomic E-state index is 4.70. The molecule has 0 spiro atoms. The van der Waals surface area contributed by atoms with Crippen molar-refractivity contribution in [1.29, 1.82) is 0 Å². The van der Waals surface area contributed by atoms with Crippen LogP contribution in [0.3, 0.4) is 0 Å². The normalized spacial score (nSPS) is 11.0. The fraction of sp³-hybridized carbons (Fsp3) is 0. The third kappa shape index (κ3) is 2.74. The Balaban J connectivity index is 2.47. The first kappa shape index (κ1) is 8.12. The third-order valence-electron chi connectivity index (χ3n) is 1.07. The van der Waals surface area contributed by atoms with E-state index < -0.39 is 0 Å². The fourth-order valence-electron chi connectivity index (χ4n) is 0.621. The highest BCUT2D eigenvalue weighted by atomic mass is 15.7. The Hall–Kier alpha value is -1.98. The molecule has 0 aromatic heterocycles. The minimum Gasteiger partial charge on any atom is -0.303 e. The van der Waals surface area contributed by atoms with Crippen LogP contribution in [0.25, 0.3) is 0 Å². The van der Waals surface area contributed by atoms with Crippen molar-refractivity contribution in [2.75, 3.05) is 0 Å². The van der Waals surface area contributed by atoms with Crippen LogP contribution in [0, 0.1) is 0 Å². The van der Waals surface area contributed by atoms with Crippen molar-refractivity contribution < 1.29 is 0 Å². The molecule has 62 valence electrons. The first-order valence-electron chi connectivity index (χ1n) is 3.24. The molecular weight excluding hydrogens is 156 g/mol. The maximum atomic E-state index is 4.70. The van der Waals surface area contributed by atoms with Crippen molar-refractivity contribution in [1.82, 2.24) is 5.53 Å². The van der Waals surface area contributed by atoms with Crippen molar-refractivity contribution in [3.8, 4) is 0 Å². The van der Waals surface area contributed by atoms with Gasteiger partial charge >= 0.3 is 0 Å². The van der Waals surface area contributed by atoms with Crippen molar-refractivity contribution in [2.24, 2.45) is 26.6 Å². The monoisotopic (exact) mass is 164 g/mol. The summed E-state index contributed by atoms with van der Waals surface area (Å²) in [5.41, 5.74) is 2.91. The van der Waals surface area contributed by atoms with E-state index in [1.54, 1.807) is 0 Å². The predicted octanol–water partition coefficient (Wildman–Crippen LogP) is 1.52. The van der Waals surface area contributed by atoms with E-state index in [2.05, 4.69) is 26.3 Å². The van der Waals surface area contributed by atoms with Crippen LogP contribution in [0.5, 0.6) is 0 Å². The minimum absolute atomic E-state index is 0.734. The summed E-state index contributed by atoms with van der Waals surface area (Å²) in [5, 5.41) is 13.3. The van der Waals surface area contributed by atoms with Crippen LogP contribution in [0.2, 0.25) is 0 Å². The lowest BCUT2D eigenvalue weighted by Crippen LogP contribution is -1.91. The highest BCUT2D eigenvalue weighted by molar-refractivity contribution is 5.34. The first-order chi connectivity index (χ1) is 5.93. The summed E-state index contributed by atoms with van der Waals surface area (Å²) < 4.78 is 0. The second kappa shape index (κ2) is 4.78. The molecule has 0 aliphatic heterocycles. The largest absolute Gasteiger partial charge is 0.303 e. The van der Waals surface area contributed by atoms with Gasteiger partial charge in [-0.05, 0) is 17.4 Å². The topological polar surface area (TPSA) is 87.5 Å². The van der Waals surface area contributed by atoms with Crippen LogP contribution in [0.15, 0.2) is 51.1 Å². The molecule has 0 aliphatic rings. The Morgan fingerprint density at radius 2 is 1.83 bits per heavy atom. The van der Waals surface area contributed by atoms with Gasteiger partial charge in [0.15, 0.2) is 0 Å². The highest BCUT2D eigenvalue weighted by Gasteiger charge is 1.82. The lowest BCUT2D eigenvalue weighted by atomic mass is 10.3. The van der Waals surface area contributed by atoms with Gasteiger partial charge in [-0.3, -0.25) is 0 Å². The number of nitrogens with zero attached hydrogens (tertiary/aromatic N) is 4. The molecule has 1 aromatic carbocycles. The van der Waals surface area contributed by atoms with Gasteiger partial charge in [0, 0.05) is 0 Å². The minimum atomic E-state index is 0.734. The molecule has 0 fully saturated rings. The lowest BCUT2D eigenvalue weighted by Gasteiger charge is -1.87. The average Bonchev–Trinajstić information content (AvgIpc) is 2.14. The summed E-state index contributed by atoms with van der Waals surface area (Å²) in [6.45, 7) is 0. The number of hydrogen-bond acceptors (Lipinski definition) is 4. The van der Waals surface area contributed by atoms with E-state index >= 15 is 0 Å². The molecule has 0 saturated carbocycles. The molecule has 1 aromatic rings. The SMILES string of the molecule is N/N=N/NN=Nc1ccccc1.